The summed E-state index contributed by atoms with van der Waals surface area (Å²) in [4.78, 5) is 1.99. The standard InChI is InChI=1S/C17H18BrN4O/c1-11-8-12(2)22(14-7-5-6-13(18)9-14)16(11)17-20-19-15(23-17)10-21(3)4/h5-7,9H,10H2,1-4H3. The molecule has 0 atom stereocenters. The van der Waals surface area contributed by atoms with Gasteiger partial charge in [0.2, 0.25) is 5.89 Å². The number of benzene rings is 1. The van der Waals surface area contributed by atoms with Crippen LogP contribution in [0.3, 0.4) is 0 Å². The zero-order valence-corrected chi connectivity index (χ0v) is 15.2. The molecule has 0 spiro atoms. The minimum Gasteiger partial charge on any atom is -0.418 e. The van der Waals surface area contributed by atoms with E-state index in [1.807, 2.05) is 51.0 Å². The fraction of sp³-hybridized carbons (Fsp3) is 0.294. The Morgan fingerprint density at radius 2 is 2.04 bits per heavy atom. The maximum absolute atomic E-state index is 5.85. The van der Waals surface area contributed by atoms with Crippen molar-refractivity contribution in [2.45, 2.75) is 20.4 Å². The molecule has 3 rings (SSSR count). The van der Waals surface area contributed by atoms with Gasteiger partial charge in [0.1, 0.15) is 5.69 Å². The van der Waals surface area contributed by atoms with E-state index in [0.29, 0.717) is 18.3 Å². The summed E-state index contributed by atoms with van der Waals surface area (Å²) in [6.45, 7) is 4.65. The molecule has 3 aromatic rings. The molecule has 1 aromatic carbocycles. The number of aryl methyl sites for hydroxylation is 2. The van der Waals surface area contributed by atoms with E-state index < -0.39 is 0 Å². The number of hydrogen-bond acceptors (Lipinski definition) is 4. The van der Waals surface area contributed by atoms with Crippen molar-refractivity contribution in [1.82, 2.24) is 19.7 Å². The molecule has 2 heterocycles. The summed E-state index contributed by atoms with van der Waals surface area (Å²) in [6.07, 6.45) is 0. The van der Waals surface area contributed by atoms with Gasteiger partial charge in [0.05, 0.1) is 6.54 Å². The molecule has 0 unspecified atom stereocenters. The van der Waals surface area contributed by atoms with Gasteiger partial charge in [0.15, 0.2) is 0 Å². The van der Waals surface area contributed by atoms with Crippen LogP contribution in [0.15, 0.2) is 33.2 Å². The highest BCUT2D eigenvalue weighted by Crippen LogP contribution is 2.30. The molecule has 0 aliphatic carbocycles. The van der Waals surface area contributed by atoms with Crippen molar-refractivity contribution in [2.75, 3.05) is 14.1 Å². The lowest BCUT2D eigenvalue weighted by Crippen LogP contribution is -2.10. The topological polar surface area (TPSA) is 47.1 Å². The van der Waals surface area contributed by atoms with Gasteiger partial charge in [-0.1, -0.05) is 22.0 Å². The minimum absolute atomic E-state index is 0.517. The van der Waals surface area contributed by atoms with E-state index in [4.69, 9.17) is 4.42 Å². The highest BCUT2D eigenvalue weighted by atomic mass is 79.9. The van der Waals surface area contributed by atoms with Crippen molar-refractivity contribution in [3.05, 3.63) is 52.0 Å². The molecular weight excluding hydrogens is 356 g/mol. The highest BCUT2D eigenvalue weighted by molar-refractivity contribution is 9.10. The van der Waals surface area contributed by atoms with Crippen LogP contribution in [0.25, 0.3) is 17.3 Å². The third-order valence-electron chi connectivity index (χ3n) is 3.47. The first-order valence-corrected chi connectivity index (χ1v) is 8.09. The van der Waals surface area contributed by atoms with Gasteiger partial charge in [-0.3, -0.25) is 0 Å². The molecule has 23 heavy (non-hydrogen) atoms. The second-order valence-corrected chi connectivity index (χ2v) is 6.65. The molecule has 0 aliphatic heterocycles. The summed E-state index contributed by atoms with van der Waals surface area (Å²) >= 11 is 3.52. The zero-order chi connectivity index (χ0) is 16.6. The van der Waals surface area contributed by atoms with Gasteiger partial charge in [-0.15, -0.1) is 10.2 Å². The van der Waals surface area contributed by atoms with Crippen LogP contribution in [0.2, 0.25) is 0 Å². The van der Waals surface area contributed by atoms with Crippen molar-refractivity contribution in [2.24, 2.45) is 0 Å². The molecule has 0 saturated heterocycles. The zero-order valence-electron chi connectivity index (χ0n) is 13.6. The lowest BCUT2D eigenvalue weighted by molar-refractivity contribution is 0.343. The molecule has 0 bridgehead atoms. The Morgan fingerprint density at radius 1 is 1.26 bits per heavy atom. The normalized spacial score (nSPS) is 11.4. The average Bonchev–Trinajstić information content (AvgIpc) is 3.02. The lowest BCUT2D eigenvalue weighted by atomic mass is 10.2. The third kappa shape index (κ3) is 3.23. The Kier molecular flexibility index (Phi) is 4.37. The Bertz CT molecular complexity index is 835. The van der Waals surface area contributed by atoms with Gasteiger partial charge in [-0.05, 0) is 51.7 Å². The van der Waals surface area contributed by atoms with E-state index in [1.165, 1.54) is 0 Å². The molecule has 2 aromatic heterocycles. The fourth-order valence-corrected chi connectivity index (χ4v) is 2.99. The smallest absolute Gasteiger partial charge is 0.265 e. The summed E-state index contributed by atoms with van der Waals surface area (Å²) in [5.74, 6) is 1.12. The molecule has 6 heteroatoms. The van der Waals surface area contributed by atoms with E-state index in [1.54, 1.807) is 0 Å². The first-order valence-electron chi connectivity index (χ1n) is 7.30. The van der Waals surface area contributed by atoms with Crippen molar-refractivity contribution in [1.29, 1.82) is 0 Å². The SMILES string of the molecule is Cc1[c]c(C)n(-c2cccc(Br)c2)c1-c1nnc(CN(C)C)o1. The van der Waals surface area contributed by atoms with E-state index in [2.05, 4.69) is 42.8 Å². The second-order valence-electron chi connectivity index (χ2n) is 5.74. The number of aromatic nitrogens is 3. The quantitative estimate of drug-likeness (QED) is 0.698. The van der Waals surface area contributed by atoms with Crippen LogP contribution in [0.5, 0.6) is 0 Å². The van der Waals surface area contributed by atoms with Gasteiger partial charge in [0.25, 0.3) is 5.89 Å². The molecule has 0 amide bonds. The average molecular weight is 374 g/mol. The molecule has 0 fully saturated rings. The monoisotopic (exact) mass is 373 g/mol. The van der Waals surface area contributed by atoms with Crippen LogP contribution in [-0.2, 0) is 6.54 Å². The number of nitrogens with zero attached hydrogens (tertiary/aromatic N) is 4. The van der Waals surface area contributed by atoms with Crippen LogP contribution >= 0.6 is 15.9 Å². The maximum Gasteiger partial charge on any atom is 0.265 e. The van der Waals surface area contributed by atoms with Gasteiger partial charge in [0, 0.05) is 21.9 Å². The molecule has 119 valence electrons. The Morgan fingerprint density at radius 3 is 2.74 bits per heavy atom. The number of hydrogen-bond donors (Lipinski definition) is 0. The van der Waals surface area contributed by atoms with E-state index in [9.17, 15) is 0 Å². The predicted octanol–water partition coefficient (Wildman–Crippen LogP) is 3.77. The lowest BCUT2D eigenvalue weighted by Gasteiger charge is -2.10. The predicted molar refractivity (Wildman–Crippen MR) is 92.5 cm³/mol. The Hall–Kier alpha value is -1.92. The Balaban J connectivity index is 2.11. The largest absolute Gasteiger partial charge is 0.418 e. The van der Waals surface area contributed by atoms with E-state index in [-0.39, 0.29) is 0 Å². The summed E-state index contributed by atoms with van der Waals surface area (Å²) in [7, 11) is 3.94. The molecule has 0 saturated carbocycles. The third-order valence-corrected chi connectivity index (χ3v) is 3.96. The van der Waals surface area contributed by atoms with Crippen LogP contribution in [0, 0.1) is 19.9 Å². The van der Waals surface area contributed by atoms with Crippen molar-refractivity contribution in [3.63, 3.8) is 0 Å². The van der Waals surface area contributed by atoms with Gasteiger partial charge < -0.3 is 13.9 Å². The first kappa shape index (κ1) is 16.0. The van der Waals surface area contributed by atoms with Gasteiger partial charge in [-0.2, -0.15) is 0 Å². The van der Waals surface area contributed by atoms with Crippen molar-refractivity contribution < 1.29 is 4.42 Å². The molecule has 0 N–H and O–H groups in total. The number of halogens is 1. The molecule has 1 radical (unpaired) electrons. The van der Waals surface area contributed by atoms with E-state index >= 15 is 0 Å². The van der Waals surface area contributed by atoms with Crippen molar-refractivity contribution in [3.8, 4) is 17.3 Å². The highest BCUT2D eigenvalue weighted by Gasteiger charge is 2.19. The van der Waals surface area contributed by atoms with Crippen molar-refractivity contribution >= 4 is 15.9 Å². The Labute approximate surface area is 144 Å². The van der Waals surface area contributed by atoms with Crippen LogP contribution in [0.4, 0.5) is 0 Å². The van der Waals surface area contributed by atoms with Gasteiger partial charge in [-0.25, -0.2) is 0 Å². The van der Waals surface area contributed by atoms with Crippen LogP contribution in [-0.4, -0.2) is 33.8 Å². The van der Waals surface area contributed by atoms with Crippen LogP contribution < -0.4 is 0 Å². The summed E-state index contributed by atoms with van der Waals surface area (Å²) in [6, 6.07) is 11.5. The second kappa shape index (κ2) is 6.29. The fourth-order valence-electron chi connectivity index (χ4n) is 2.60. The molecule has 5 nitrogen and oxygen atoms in total. The molecule has 0 aliphatic rings. The van der Waals surface area contributed by atoms with Gasteiger partial charge >= 0.3 is 0 Å². The first-order chi connectivity index (χ1) is 11.0. The summed E-state index contributed by atoms with van der Waals surface area (Å²) in [5.41, 5.74) is 3.91. The molecular formula is C17H18BrN4O. The maximum atomic E-state index is 5.85. The summed E-state index contributed by atoms with van der Waals surface area (Å²) < 4.78 is 8.96. The van der Waals surface area contributed by atoms with E-state index in [0.717, 1.165) is 27.1 Å². The van der Waals surface area contributed by atoms with Crippen LogP contribution in [0.1, 0.15) is 17.1 Å². The minimum atomic E-state index is 0.517. The number of rotatable bonds is 4. The summed E-state index contributed by atoms with van der Waals surface area (Å²) in [5, 5.41) is 8.37.